The molecule has 0 radical (unpaired) electrons. The molecule has 4 aromatic rings. The lowest BCUT2D eigenvalue weighted by Crippen LogP contribution is -2.02. The summed E-state index contributed by atoms with van der Waals surface area (Å²) >= 11 is 0. The van der Waals surface area contributed by atoms with E-state index in [1.165, 1.54) is 11.1 Å². The Hall–Kier alpha value is -3.72. The van der Waals surface area contributed by atoms with E-state index in [-0.39, 0.29) is 0 Å². The van der Waals surface area contributed by atoms with Gasteiger partial charge in [-0.15, -0.1) is 0 Å². The fourth-order valence-electron chi connectivity index (χ4n) is 3.18. The highest BCUT2D eigenvalue weighted by atomic mass is 16.6. The molecule has 1 heterocycles. The predicted octanol–water partition coefficient (Wildman–Crippen LogP) is 7.00. The summed E-state index contributed by atoms with van der Waals surface area (Å²) in [7, 11) is 0. The van der Waals surface area contributed by atoms with Crippen LogP contribution in [0.4, 0.5) is 11.4 Å². The SMILES string of the molecule is c1ccc(-c2ccc(Nc3cccc4c3Oc3ccccc3O4)cc2)cc1. The molecule has 1 aliphatic rings. The van der Waals surface area contributed by atoms with Crippen molar-refractivity contribution in [2.75, 3.05) is 5.32 Å². The molecular formula is C24H17NO2. The Morgan fingerprint density at radius 2 is 1.11 bits per heavy atom. The van der Waals surface area contributed by atoms with Crippen LogP contribution in [0.5, 0.6) is 23.0 Å². The smallest absolute Gasteiger partial charge is 0.193 e. The summed E-state index contributed by atoms with van der Waals surface area (Å²) in [5.41, 5.74) is 4.25. The molecule has 1 aliphatic heterocycles. The summed E-state index contributed by atoms with van der Waals surface area (Å²) in [5.74, 6) is 2.86. The van der Waals surface area contributed by atoms with E-state index in [1.54, 1.807) is 0 Å². The molecule has 0 bridgehead atoms. The Balaban J connectivity index is 1.43. The summed E-state index contributed by atoms with van der Waals surface area (Å²) in [5, 5.41) is 3.44. The normalized spacial score (nSPS) is 11.6. The van der Waals surface area contributed by atoms with Crippen LogP contribution < -0.4 is 14.8 Å². The number of hydrogen-bond donors (Lipinski definition) is 1. The highest BCUT2D eigenvalue weighted by molar-refractivity contribution is 5.74. The molecule has 27 heavy (non-hydrogen) atoms. The lowest BCUT2D eigenvalue weighted by molar-refractivity contribution is 0.361. The van der Waals surface area contributed by atoms with Gasteiger partial charge in [-0.3, -0.25) is 0 Å². The van der Waals surface area contributed by atoms with Crippen LogP contribution in [0.15, 0.2) is 97.1 Å². The number of benzene rings is 4. The van der Waals surface area contributed by atoms with Gasteiger partial charge in [0.1, 0.15) is 0 Å². The third-order valence-electron chi connectivity index (χ3n) is 4.53. The third kappa shape index (κ3) is 3.00. The van der Waals surface area contributed by atoms with Gasteiger partial charge in [-0.05, 0) is 47.5 Å². The van der Waals surface area contributed by atoms with E-state index >= 15 is 0 Å². The second-order valence-corrected chi connectivity index (χ2v) is 6.35. The van der Waals surface area contributed by atoms with E-state index in [2.05, 4.69) is 41.7 Å². The van der Waals surface area contributed by atoms with E-state index in [1.807, 2.05) is 60.7 Å². The molecule has 0 saturated carbocycles. The van der Waals surface area contributed by atoms with Crippen LogP contribution in [0.2, 0.25) is 0 Å². The first kappa shape index (κ1) is 15.5. The number of hydrogen-bond acceptors (Lipinski definition) is 3. The number of fused-ring (bicyclic) bond motifs is 2. The lowest BCUT2D eigenvalue weighted by atomic mass is 10.1. The molecule has 0 saturated heterocycles. The Morgan fingerprint density at radius 3 is 1.89 bits per heavy atom. The van der Waals surface area contributed by atoms with Crippen LogP contribution in [0, 0.1) is 0 Å². The highest BCUT2D eigenvalue weighted by Gasteiger charge is 2.21. The maximum Gasteiger partial charge on any atom is 0.193 e. The van der Waals surface area contributed by atoms with Crippen molar-refractivity contribution < 1.29 is 9.47 Å². The topological polar surface area (TPSA) is 30.5 Å². The van der Waals surface area contributed by atoms with Gasteiger partial charge in [0, 0.05) is 5.69 Å². The number of nitrogens with one attached hydrogen (secondary N) is 1. The molecule has 3 nitrogen and oxygen atoms in total. The summed E-state index contributed by atoms with van der Waals surface area (Å²) in [6, 6.07) is 32.2. The maximum absolute atomic E-state index is 6.09. The molecular weight excluding hydrogens is 334 g/mol. The number of rotatable bonds is 3. The van der Waals surface area contributed by atoms with Crippen LogP contribution in [0.3, 0.4) is 0 Å². The predicted molar refractivity (Wildman–Crippen MR) is 108 cm³/mol. The molecule has 3 heteroatoms. The minimum atomic E-state index is 0.698. The average molecular weight is 351 g/mol. The van der Waals surface area contributed by atoms with Gasteiger partial charge in [-0.25, -0.2) is 0 Å². The molecule has 0 amide bonds. The Labute approximate surface area is 157 Å². The van der Waals surface area contributed by atoms with E-state index in [0.717, 1.165) is 22.9 Å². The first-order valence-electron chi connectivity index (χ1n) is 8.87. The van der Waals surface area contributed by atoms with Gasteiger partial charge in [0.25, 0.3) is 0 Å². The molecule has 0 unspecified atom stereocenters. The molecule has 0 spiro atoms. The first-order chi connectivity index (χ1) is 13.4. The van der Waals surface area contributed by atoms with Crippen LogP contribution in [0.25, 0.3) is 11.1 Å². The fraction of sp³-hybridized carbons (Fsp3) is 0. The Morgan fingerprint density at radius 1 is 0.481 bits per heavy atom. The molecule has 4 aromatic carbocycles. The zero-order valence-corrected chi connectivity index (χ0v) is 14.6. The van der Waals surface area contributed by atoms with Crippen LogP contribution in [0.1, 0.15) is 0 Å². The molecule has 1 N–H and O–H groups in total. The zero-order chi connectivity index (χ0) is 18.1. The molecule has 0 fully saturated rings. The van der Waals surface area contributed by atoms with Crippen LogP contribution in [-0.2, 0) is 0 Å². The Kier molecular flexibility index (Phi) is 3.76. The second kappa shape index (κ2) is 6.54. The lowest BCUT2D eigenvalue weighted by Gasteiger charge is -2.23. The van der Waals surface area contributed by atoms with Crippen molar-refractivity contribution in [1.29, 1.82) is 0 Å². The number of anilines is 2. The van der Waals surface area contributed by atoms with Crippen molar-refractivity contribution in [3.8, 4) is 34.1 Å². The number of ether oxygens (including phenoxy) is 2. The van der Waals surface area contributed by atoms with Gasteiger partial charge in [-0.2, -0.15) is 0 Å². The first-order valence-corrected chi connectivity index (χ1v) is 8.87. The average Bonchev–Trinajstić information content (AvgIpc) is 2.74. The van der Waals surface area contributed by atoms with Gasteiger partial charge in [-0.1, -0.05) is 60.7 Å². The van der Waals surface area contributed by atoms with Crippen molar-refractivity contribution in [3.05, 3.63) is 97.1 Å². The standard InChI is InChI=1S/C24H17NO2/c1-2-7-17(8-3-1)18-13-15-19(16-14-18)25-20-9-6-12-23-24(20)27-22-11-5-4-10-21(22)26-23/h1-16,25H. The van der Waals surface area contributed by atoms with Crippen molar-refractivity contribution in [1.82, 2.24) is 0 Å². The summed E-state index contributed by atoms with van der Waals surface area (Å²) in [6.45, 7) is 0. The minimum absolute atomic E-state index is 0.698. The van der Waals surface area contributed by atoms with Gasteiger partial charge in [0.2, 0.25) is 0 Å². The Bertz CT molecular complexity index is 1090. The van der Waals surface area contributed by atoms with Gasteiger partial charge in [0.15, 0.2) is 23.0 Å². The highest BCUT2D eigenvalue weighted by Crippen LogP contribution is 2.49. The molecule has 5 rings (SSSR count). The van der Waals surface area contributed by atoms with E-state index in [9.17, 15) is 0 Å². The molecule has 130 valence electrons. The van der Waals surface area contributed by atoms with E-state index < -0.39 is 0 Å². The van der Waals surface area contributed by atoms with Crippen molar-refractivity contribution in [2.24, 2.45) is 0 Å². The summed E-state index contributed by atoms with van der Waals surface area (Å²) < 4.78 is 12.1. The number of para-hydroxylation sites is 3. The monoisotopic (exact) mass is 351 g/mol. The van der Waals surface area contributed by atoms with Crippen molar-refractivity contribution in [2.45, 2.75) is 0 Å². The zero-order valence-electron chi connectivity index (χ0n) is 14.6. The molecule has 0 aromatic heterocycles. The quantitative estimate of drug-likeness (QED) is 0.380. The van der Waals surface area contributed by atoms with E-state index in [4.69, 9.17) is 9.47 Å². The van der Waals surface area contributed by atoms with Gasteiger partial charge in [0.05, 0.1) is 5.69 Å². The fourth-order valence-corrected chi connectivity index (χ4v) is 3.18. The minimum Gasteiger partial charge on any atom is -0.449 e. The summed E-state index contributed by atoms with van der Waals surface area (Å²) in [6.07, 6.45) is 0. The molecule has 0 aliphatic carbocycles. The van der Waals surface area contributed by atoms with Gasteiger partial charge >= 0.3 is 0 Å². The summed E-state index contributed by atoms with van der Waals surface area (Å²) in [4.78, 5) is 0. The largest absolute Gasteiger partial charge is 0.449 e. The van der Waals surface area contributed by atoms with Crippen LogP contribution >= 0.6 is 0 Å². The third-order valence-corrected chi connectivity index (χ3v) is 4.53. The van der Waals surface area contributed by atoms with Crippen molar-refractivity contribution in [3.63, 3.8) is 0 Å². The maximum atomic E-state index is 6.09. The van der Waals surface area contributed by atoms with E-state index in [0.29, 0.717) is 11.5 Å². The second-order valence-electron chi connectivity index (χ2n) is 6.35. The van der Waals surface area contributed by atoms with Gasteiger partial charge < -0.3 is 14.8 Å². The van der Waals surface area contributed by atoms with Crippen LogP contribution in [-0.4, -0.2) is 0 Å². The molecule has 0 atom stereocenters. The van der Waals surface area contributed by atoms with Crippen molar-refractivity contribution >= 4 is 11.4 Å².